The molecule has 3 rings (SSSR count). The number of halogens is 1. The molecular weight excluding hydrogens is 457 g/mol. The fourth-order valence-electron chi connectivity index (χ4n) is 3.76. The highest BCUT2D eigenvalue weighted by Crippen LogP contribution is 2.30. The molecule has 0 aliphatic carbocycles. The van der Waals surface area contributed by atoms with Crippen LogP contribution in [0.2, 0.25) is 0 Å². The van der Waals surface area contributed by atoms with Gasteiger partial charge in [-0.05, 0) is 43.5 Å². The second-order valence-electron chi connectivity index (χ2n) is 7.66. The number of anilines is 3. The maximum atomic E-state index is 13.6. The highest BCUT2D eigenvalue weighted by molar-refractivity contribution is 5.77. The molecule has 3 aromatic rings. The predicted octanol–water partition coefficient (Wildman–Crippen LogP) is 5.22. The Morgan fingerprint density at radius 3 is 2.78 bits per heavy atom. The minimum absolute atomic E-state index is 0.0910. The molecule has 0 bridgehead atoms. The van der Waals surface area contributed by atoms with Gasteiger partial charge < -0.3 is 10.7 Å². The Bertz CT molecular complexity index is 1370. The molecular formula is C27H32FN7O. The minimum atomic E-state index is -0.365. The van der Waals surface area contributed by atoms with Gasteiger partial charge in [0.05, 0.1) is 42.1 Å². The molecule has 0 radical (unpaired) electrons. The first-order valence-corrected chi connectivity index (χ1v) is 11.8. The lowest BCUT2D eigenvalue weighted by Crippen LogP contribution is -2.24. The second-order valence-corrected chi connectivity index (χ2v) is 7.66. The largest absolute Gasteiger partial charge is 0.397 e. The molecule has 188 valence electrons. The second kappa shape index (κ2) is 13.5. The molecule has 1 unspecified atom stereocenters. The topological polar surface area (TPSA) is 117 Å². The molecule has 0 saturated heterocycles. The van der Waals surface area contributed by atoms with E-state index in [1.54, 1.807) is 23.1 Å². The Labute approximate surface area is 211 Å². The molecule has 0 fully saturated rings. The molecule has 0 spiro atoms. The van der Waals surface area contributed by atoms with Crippen molar-refractivity contribution in [3.05, 3.63) is 64.5 Å². The van der Waals surface area contributed by atoms with Gasteiger partial charge in [0.15, 0.2) is 5.65 Å². The number of hydrogen-bond acceptors (Lipinski definition) is 6. The molecule has 3 N–H and O–H groups in total. The summed E-state index contributed by atoms with van der Waals surface area (Å²) in [5.41, 5.74) is 8.50. The number of benzene rings is 1. The highest BCUT2D eigenvalue weighted by Gasteiger charge is 2.20. The molecule has 0 aliphatic heterocycles. The van der Waals surface area contributed by atoms with Crippen molar-refractivity contribution in [1.29, 1.82) is 5.26 Å². The summed E-state index contributed by atoms with van der Waals surface area (Å²) in [6.45, 7) is 8.11. The summed E-state index contributed by atoms with van der Waals surface area (Å²) in [7, 11) is 0. The maximum Gasteiger partial charge on any atom is 0.327 e. The quantitative estimate of drug-likeness (QED) is 0.242. The zero-order chi connectivity index (χ0) is 26.7. The van der Waals surface area contributed by atoms with Crippen LogP contribution in [0.1, 0.15) is 46.1 Å². The van der Waals surface area contributed by atoms with Gasteiger partial charge in [0, 0.05) is 12.5 Å². The molecule has 36 heavy (non-hydrogen) atoms. The van der Waals surface area contributed by atoms with Crippen LogP contribution in [0.4, 0.5) is 21.7 Å². The van der Waals surface area contributed by atoms with Crippen LogP contribution >= 0.6 is 0 Å². The average molecular weight is 490 g/mol. The number of rotatable bonds is 9. The van der Waals surface area contributed by atoms with E-state index in [0.29, 0.717) is 52.8 Å². The number of nitrogens with zero attached hydrogens (tertiary/aromatic N) is 5. The van der Waals surface area contributed by atoms with E-state index in [-0.39, 0.29) is 30.6 Å². The summed E-state index contributed by atoms with van der Waals surface area (Å²) >= 11 is 0. The van der Waals surface area contributed by atoms with Crippen LogP contribution in [0.3, 0.4) is 0 Å². The number of aromatic nitrogens is 4. The Morgan fingerprint density at radius 1 is 1.42 bits per heavy atom. The van der Waals surface area contributed by atoms with Crippen LogP contribution in [0.25, 0.3) is 11.2 Å². The van der Waals surface area contributed by atoms with Crippen LogP contribution < -0.4 is 16.3 Å². The van der Waals surface area contributed by atoms with Crippen molar-refractivity contribution < 1.29 is 4.39 Å². The van der Waals surface area contributed by atoms with Gasteiger partial charge in [-0.3, -0.25) is 9.47 Å². The SMILES string of the molecule is C#CCN(c1ncc2[nH]c(=O)n(CC(C/C=C\C)/C(=C/F)CC)c2n1)c1cc(C#N)ccc1N.CC. The number of nitriles is 1. The van der Waals surface area contributed by atoms with Gasteiger partial charge in [-0.1, -0.05) is 38.8 Å². The minimum Gasteiger partial charge on any atom is -0.397 e. The van der Waals surface area contributed by atoms with E-state index in [0.717, 1.165) is 0 Å². The van der Waals surface area contributed by atoms with Gasteiger partial charge >= 0.3 is 5.69 Å². The van der Waals surface area contributed by atoms with Gasteiger partial charge in [0.2, 0.25) is 5.95 Å². The monoisotopic (exact) mass is 489 g/mol. The van der Waals surface area contributed by atoms with Gasteiger partial charge in [0.25, 0.3) is 0 Å². The van der Waals surface area contributed by atoms with Gasteiger partial charge in [-0.15, -0.1) is 6.42 Å². The molecule has 9 heteroatoms. The van der Waals surface area contributed by atoms with E-state index < -0.39 is 0 Å². The van der Waals surface area contributed by atoms with E-state index in [1.807, 2.05) is 39.8 Å². The molecule has 2 heterocycles. The first-order valence-electron chi connectivity index (χ1n) is 11.8. The Hall–Kier alpha value is -4.37. The number of hydrogen-bond donors (Lipinski definition) is 2. The first-order chi connectivity index (χ1) is 17.5. The number of nitrogens with one attached hydrogen (secondary N) is 1. The number of nitrogen functional groups attached to an aromatic ring is 1. The smallest absolute Gasteiger partial charge is 0.327 e. The predicted molar refractivity (Wildman–Crippen MR) is 143 cm³/mol. The van der Waals surface area contributed by atoms with Crippen LogP contribution in [0, 0.1) is 29.6 Å². The van der Waals surface area contributed by atoms with E-state index in [9.17, 15) is 14.4 Å². The fraction of sp³-hybridized carbons (Fsp3) is 0.333. The molecule has 8 nitrogen and oxygen atoms in total. The van der Waals surface area contributed by atoms with Gasteiger partial charge in [0.1, 0.15) is 5.52 Å². The molecule has 0 amide bonds. The van der Waals surface area contributed by atoms with Crippen LogP contribution in [-0.4, -0.2) is 26.1 Å². The third-order valence-corrected chi connectivity index (χ3v) is 5.57. The van der Waals surface area contributed by atoms with Gasteiger partial charge in [-0.25, -0.2) is 14.2 Å². The number of H-pyrrole nitrogens is 1. The van der Waals surface area contributed by atoms with Crippen molar-refractivity contribution in [2.75, 3.05) is 17.2 Å². The molecule has 1 aromatic carbocycles. The summed E-state index contributed by atoms with van der Waals surface area (Å²) in [6, 6.07) is 6.91. The normalized spacial score (nSPS) is 12.0. The number of nitrogens with two attached hydrogens (primary N) is 1. The lowest BCUT2D eigenvalue weighted by molar-refractivity contribution is 0.485. The zero-order valence-corrected chi connectivity index (χ0v) is 21.1. The van der Waals surface area contributed by atoms with Crippen LogP contribution in [0.5, 0.6) is 0 Å². The zero-order valence-electron chi connectivity index (χ0n) is 21.1. The molecule has 1 atom stereocenters. The van der Waals surface area contributed by atoms with Crippen LogP contribution in [0.15, 0.2) is 53.2 Å². The van der Waals surface area contributed by atoms with E-state index in [1.165, 1.54) is 10.8 Å². The highest BCUT2D eigenvalue weighted by atomic mass is 19.1. The Kier molecular flexibility index (Phi) is 10.5. The van der Waals surface area contributed by atoms with Crippen molar-refractivity contribution in [3.8, 4) is 18.4 Å². The molecule has 0 aliphatic rings. The van der Waals surface area contributed by atoms with Crippen molar-refractivity contribution in [2.24, 2.45) is 5.92 Å². The first kappa shape index (κ1) is 27.9. The Morgan fingerprint density at radius 2 is 2.17 bits per heavy atom. The van der Waals surface area contributed by atoms with E-state index >= 15 is 0 Å². The summed E-state index contributed by atoms with van der Waals surface area (Å²) in [5.74, 6) is 2.56. The summed E-state index contributed by atoms with van der Waals surface area (Å²) < 4.78 is 15.0. The number of aromatic amines is 1. The maximum absolute atomic E-state index is 13.6. The molecule has 0 saturated carbocycles. The third-order valence-electron chi connectivity index (χ3n) is 5.57. The number of fused-ring (bicyclic) bond motifs is 1. The summed E-state index contributed by atoms with van der Waals surface area (Å²) in [5, 5.41) is 9.29. The van der Waals surface area contributed by atoms with Gasteiger partial charge in [-0.2, -0.15) is 10.2 Å². The van der Waals surface area contributed by atoms with Crippen molar-refractivity contribution in [1.82, 2.24) is 19.5 Å². The van der Waals surface area contributed by atoms with Crippen LogP contribution in [-0.2, 0) is 6.54 Å². The van der Waals surface area contributed by atoms with Crippen molar-refractivity contribution >= 4 is 28.5 Å². The average Bonchev–Trinajstić information content (AvgIpc) is 3.22. The summed E-state index contributed by atoms with van der Waals surface area (Å²) in [6.07, 6.45) is 12.7. The fourth-order valence-corrected chi connectivity index (χ4v) is 3.76. The number of terminal acetylenes is 1. The standard InChI is InChI=1S/C25H26FN7O.C2H6/c1-4-7-8-19(18(6-3)13-26)16-33-23-21(30-25(33)34)15-29-24(31-23)32(11-5-2)22-12-17(14-27)9-10-20(22)28;1-2/h2,4,7,9-10,12-13,15,19H,6,8,11,16,28H2,1,3H3,(H,30,34);1-2H3/b7-4-,18-13+;. The van der Waals surface area contributed by atoms with Crippen molar-refractivity contribution in [2.45, 2.75) is 47.1 Å². The van der Waals surface area contributed by atoms with E-state index in [4.69, 9.17) is 12.2 Å². The summed E-state index contributed by atoms with van der Waals surface area (Å²) in [4.78, 5) is 26.1. The lowest BCUT2D eigenvalue weighted by Gasteiger charge is -2.22. The number of allylic oxidation sites excluding steroid dienone is 3. The third kappa shape index (κ3) is 6.19. The van der Waals surface area contributed by atoms with Crippen molar-refractivity contribution in [3.63, 3.8) is 0 Å². The Balaban J connectivity index is 0.00000222. The van der Waals surface area contributed by atoms with E-state index in [2.05, 4.69) is 26.9 Å². The molecule has 2 aromatic heterocycles. The number of imidazole rings is 1. The lowest BCUT2D eigenvalue weighted by atomic mass is 9.94.